The van der Waals surface area contributed by atoms with Gasteiger partial charge in [-0.2, -0.15) is 0 Å². The molecule has 0 unspecified atom stereocenters. The van der Waals surface area contributed by atoms with Gasteiger partial charge in [-0.05, 0) is 0 Å². The van der Waals surface area contributed by atoms with Crippen LogP contribution in [0.15, 0.2) is 0 Å². The number of hydrogen-bond acceptors (Lipinski definition) is 5. The first kappa shape index (κ1) is 13.1. The van der Waals surface area contributed by atoms with Crippen molar-refractivity contribution in [2.75, 3.05) is 46.1 Å². The van der Waals surface area contributed by atoms with Gasteiger partial charge >= 0.3 is 0 Å². The van der Waals surface area contributed by atoms with Crippen LogP contribution in [0.2, 0.25) is 0 Å². The van der Waals surface area contributed by atoms with E-state index in [0.29, 0.717) is 33.0 Å². The van der Waals surface area contributed by atoms with Crippen LogP contribution in [0.1, 0.15) is 6.42 Å². The third kappa shape index (κ3) is 4.69. The zero-order chi connectivity index (χ0) is 11.8. The van der Waals surface area contributed by atoms with Gasteiger partial charge in [-0.3, -0.25) is 9.59 Å². The van der Waals surface area contributed by atoms with E-state index in [4.69, 9.17) is 14.6 Å². The van der Waals surface area contributed by atoms with Crippen LogP contribution in [0, 0.1) is 0 Å². The van der Waals surface area contributed by atoms with Gasteiger partial charge in [0.15, 0.2) is 5.78 Å². The zero-order valence-corrected chi connectivity index (χ0v) is 9.18. The van der Waals surface area contributed by atoms with E-state index in [0.717, 1.165) is 0 Å². The molecule has 1 N–H and O–H groups in total. The number of amides is 1. The molecule has 6 heteroatoms. The largest absolute Gasteiger partial charge is 0.394 e. The van der Waals surface area contributed by atoms with Crippen molar-refractivity contribution in [1.29, 1.82) is 0 Å². The van der Waals surface area contributed by atoms with E-state index in [1.54, 1.807) is 0 Å². The summed E-state index contributed by atoms with van der Waals surface area (Å²) in [5.41, 5.74) is 0. The molecule has 1 heterocycles. The van der Waals surface area contributed by atoms with Crippen LogP contribution >= 0.6 is 0 Å². The van der Waals surface area contributed by atoms with Gasteiger partial charge in [0.05, 0.1) is 46.0 Å². The molecule has 1 aliphatic rings. The van der Waals surface area contributed by atoms with Crippen molar-refractivity contribution < 1.29 is 24.2 Å². The van der Waals surface area contributed by atoms with Gasteiger partial charge in [-0.1, -0.05) is 0 Å². The van der Waals surface area contributed by atoms with Crippen LogP contribution in [0.3, 0.4) is 0 Å². The van der Waals surface area contributed by atoms with Crippen molar-refractivity contribution in [3.8, 4) is 0 Å². The summed E-state index contributed by atoms with van der Waals surface area (Å²) in [5.74, 6) is -0.151. The number of ether oxygens (including phenoxy) is 2. The molecule has 0 spiro atoms. The fraction of sp³-hybridized carbons (Fsp3) is 0.800. The Hall–Kier alpha value is -0.980. The first-order valence-corrected chi connectivity index (χ1v) is 5.30. The van der Waals surface area contributed by atoms with E-state index in [1.807, 2.05) is 0 Å². The van der Waals surface area contributed by atoms with E-state index < -0.39 is 0 Å². The molecule has 1 aliphatic heterocycles. The average Bonchev–Trinajstić information content (AvgIpc) is 2.56. The summed E-state index contributed by atoms with van der Waals surface area (Å²) in [7, 11) is 0. The summed E-state index contributed by atoms with van der Waals surface area (Å²) in [6.45, 7) is 2.23. The minimum Gasteiger partial charge on any atom is -0.394 e. The summed E-state index contributed by atoms with van der Waals surface area (Å²) >= 11 is 0. The lowest BCUT2D eigenvalue weighted by molar-refractivity contribution is -0.128. The molecule has 0 saturated carbocycles. The van der Waals surface area contributed by atoms with E-state index in [2.05, 4.69) is 0 Å². The van der Waals surface area contributed by atoms with Gasteiger partial charge in [-0.15, -0.1) is 0 Å². The molecule has 0 aromatic heterocycles. The normalized spacial score (nSPS) is 16.2. The van der Waals surface area contributed by atoms with Crippen LogP contribution < -0.4 is 0 Å². The van der Waals surface area contributed by atoms with E-state index in [-0.39, 0.29) is 31.3 Å². The van der Waals surface area contributed by atoms with Crippen molar-refractivity contribution >= 4 is 11.7 Å². The maximum absolute atomic E-state index is 11.2. The minimum atomic E-state index is -0.120. The Bertz CT molecular complexity index is 243. The van der Waals surface area contributed by atoms with Crippen molar-refractivity contribution in [3.05, 3.63) is 0 Å². The second-order valence-electron chi connectivity index (χ2n) is 3.48. The second kappa shape index (κ2) is 7.32. The summed E-state index contributed by atoms with van der Waals surface area (Å²) in [6.07, 6.45) is 0.0274. The van der Waals surface area contributed by atoms with Gasteiger partial charge in [0, 0.05) is 6.54 Å². The quantitative estimate of drug-likeness (QED) is 0.420. The number of aliphatic hydroxyl groups excluding tert-OH is 1. The number of Topliss-reactive ketones (excluding diaryl/α,β-unsaturated/α-hetero) is 1. The Morgan fingerprint density at radius 1 is 1.12 bits per heavy atom. The molecule has 92 valence electrons. The Morgan fingerprint density at radius 3 is 2.38 bits per heavy atom. The molecule has 0 aromatic carbocycles. The fourth-order valence-electron chi connectivity index (χ4n) is 1.40. The molecule has 0 radical (unpaired) electrons. The zero-order valence-electron chi connectivity index (χ0n) is 9.18. The predicted molar refractivity (Wildman–Crippen MR) is 54.9 cm³/mol. The number of ketones is 1. The van der Waals surface area contributed by atoms with Crippen LogP contribution in [-0.2, 0) is 19.1 Å². The van der Waals surface area contributed by atoms with Gasteiger partial charge in [0.2, 0.25) is 5.91 Å². The highest BCUT2D eigenvalue weighted by atomic mass is 16.5. The first-order chi connectivity index (χ1) is 7.74. The molecule has 1 fully saturated rings. The number of nitrogens with zero attached hydrogens (tertiary/aromatic N) is 1. The highest BCUT2D eigenvalue weighted by Crippen LogP contribution is 2.05. The minimum absolute atomic E-state index is 0.00436. The van der Waals surface area contributed by atoms with Gasteiger partial charge < -0.3 is 19.5 Å². The molecule has 1 saturated heterocycles. The molecule has 16 heavy (non-hydrogen) atoms. The van der Waals surface area contributed by atoms with Gasteiger partial charge in [0.1, 0.15) is 0 Å². The maximum Gasteiger partial charge on any atom is 0.230 e. The molecule has 1 rings (SSSR count). The molecule has 0 atom stereocenters. The van der Waals surface area contributed by atoms with Gasteiger partial charge in [-0.25, -0.2) is 0 Å². The van der Waals surface area contributed by atoms with Crippen molar-refractivity contribution in [2.24, 2.45) is 0 Å². The van der Waals surface area contributed by atoms with Crippen LogP contribution in [0.25, 0.3) is 0 Å². The average molecular weight is 231 g/mol. The summed E-state index contributed by atoms with van der Waals surface area (Å²) in [5, 5.41) is 8.42. The highest BCUT2D eigenvalue weighted by Gasteiger charge is 2.26. The maximum atomic E-state index is 11.2. The van der Waals surface area contributed by atoms with Crippen molar-refractivity contribution in [1.82, 2.24) is 4.90 Å². The smallest absolute Gasteiger partial charge is 0.230 e. The third-order valence-electron chi connectivity index (χ3n) is 2.18. The summed E-state index contributed by atoms with van der Waals surface area (Å²) in [4.78, 5) is 23.6. The molecule has 0 aliphatic carbocycles. The molecule has 6 nitrogen and oxygen atoms in total. The van der Waals surface area contributed by atoms with E-state index in [1.165, 1.54) is 4.90 Å². The number of carbonyl (C=O) groups excluding carboxylic acids is 2. The SMILES string of the molecule is O=C1CC(=O)N(CCOCCOCCO)C1. The summed E-state index contributed by atoms with van der Waals surface area (Å²) < 4.78 is 10.2. The topological polar surface area (TPSA) is 76.1 Å². The third-order valence-corrected chi connectivity index (χ3v) is 2.18. The number of rotatable bonds is 8. The molecule has 1 amide bonds. The van der Waals surface area contributed by atoms with Crippen LogP contribution in [-0.4, -0.2) is 67.8 Å². The fourth-order valence-corrected chi connectivity index (χ4v) is 1.40. The molecular formula is C10H17NO5. The van der Waals surface area contributed by atoms with E-state index >= 15 is 0 Å². The monoisotopic (exact) mass is 231 g/mol. The second-order valence-corrected chi connectivity index (χ2v) is 3.48. The van der Waals surface area contributed by atoms with E-state index in [9.17, 15) is 9.59 Å². The lowest BCUT2D eigenvalue weighted by atomic mass is 10.3. The Balaban J connectivity index is 1.95. The number of hydrogen-bond donors (Lipinski definition) is 1. The Morgan fingerprint density at radius 2 is 1.81 bits per heavy atom. The van der Waals surface area contributed by atoms with Gasteiger partial charge in [0.25, 0.3) is 0 Å². The Kier molecular flexibility index (Phi) is 5.99. The summed E-state index contributed by atoms with van der Waals surface area (Å²) in [6, 6.07) is 0. The molecule has 0 aromatic rings. The number of likely N-dealkylation sites (tertiary alicyclic amines) is 1. The lowest BCUT2D eigenvalue weighted by Gasteiger charge is -2.14. The molecule has 0 bridgehead atoms. The number of aliphatic hydroxyl groups is 1. The van der Waals surface area contributed by atoms with Crippen molar-refractivity contribution in [2.45, 2.75) is 6.42 Å². The van der Waals surface area contributed by atoms with Crippen molar-refractivity contribution in [3.63, 3.8) is 0 Å². The predicted octanol–water partition coefficient (Wildman–Crippen LogP) is -1.19. The standard InChI is InChI=1S/C10H17NO5/c12-2-4-16-6-5-15-3-1-11-8-9(13)7-10(11)14/h12H,1-8H2. The lowest BCUT2D eigenvalue weighted by Crippen LogP contribution is -2.29. The van der Waals surface area contributed by atoms with Crippen LogP contribution in [0.5, 0.6) is 0 Å². The number of carbonyl (C=O) groups is 2. The highest BCUT2D eigenvalue weighted by molar-refractivity contribution is 6.05. The first-order valence-electron chi connectivity index (χ1n) is 5.30. The van der Waals surface area contributed by atoms with Crippen LogP contribution in [0.4, 0.5) is 0 Å². The Labute approximate surface area is 94.1 Å². The molecular weight excluding hydrogens is 214 g/mol.